The van der Waals surface area contributed by atoms with Gasteiger partial charge in [-0.25, -0.2) is 4.79 Å². The molecule has 0 aromatic heterocycles. The first-order chi connectivity index (χ1) is 9.63. The zero-order valence-corrected chi connectivity index (χ0v) is 12.2. The summed E-state index contributed by atoms with van der Waals surface area (Å²) in [6, 6.07) is 5.00. The van der Waals surface area contributed by atoms with Crippen LogP contribution in [0.1, 0.15) is 49.4 Å². The van der Waals surface area contributed by atoms with E-state index in [-0.39, 0.29) is 12.1 Å². The van der Waals surface area contributed by atoms with Crippen LogP contribution in [0.3, 0.4) is 0 Å². The molecule has 2 atom stereocenters. The van der Waals surface area contributed by atoms with E-state index in [0.29, 0.717) is 22.9 Å². The Kier molecular flexibility index (Phi) is 4.88. The Hall–Kier alpha value is -1.71. The van der Waals surface area contributed by atoms with E-state index in [1.54, 1.807) is 18.2 Å². The number of benzene rings is 1. The quantitative estimate of drug-likeness (QED) is 0.676. The summed E-state index contributed by atoms with van der Waals surface area (Å²) in [7, 11) is 1.53. The molecule has 2 N–H and O–H groups in total. The Balaban J connectivity index is 2.04. The van der Waals surface area contributed by atoms with Gasteiger partial charge >= 0.3 is 5.97 Å². The molecule has 1 aromatic rings. The van der Waals surface area contributed by atoms with Gasteiger partial charge in [0, 0.05) is 11.8 Å². The minimum Gasteiger partial charge on any atom is -0.496 e. The van der Waals surface area contributed by atoms with Crippen molar-refractivity contribution in [3.63, 3.8) is 0 Å². The van der Waals surface area contributed by atoms with Crippen molar-refractivity contribution in [3.8, 4) is 5.75 Å². The maximum absolute atomic E-state index is 12.3. The van der Waals surface area contributed by atoms with Crippen molar-refractivity contribution < 1.29 is 14.3 Å². The molecule has 4 heteroatoms. The van der Waals surface area contributed by atoms with Gasteiger partial charge in [-0.2, -0.15) is 0 Å². The number of anilines is 1. The molecule has 0 bridgehead atoms. The molecule has 0 saturated heterocycles. The molecule has 0 radical (unpaired) electrons. The number of rotatable bonds is 4. The van der Waals surface area contributed by atoms with Crippen molar-refractivity contribution in [2.75, 3.05) is 12.8 Å². The third-order valence-electron chi connectivity index (χ3n) is 4.03. The standard InChI is InChI=1S/C16H23NO3/c1-3-11-5-4-6-13(9-11)20-16(18)14-8-7-12(17)10-15(14)19-2/h7-8,10-11,13H,3-6,9,17H2,1-2H3. The number of nitrogens with two attached hydrogens (primary N) is 1. The normalized spacial score (nSPS) is 22.3. The van der Waals surface area contributed by atoms with Crippen LogP contribution in [0.5, 0.6) is 5.75 Å². The Labute approximate surface area is 120 Å². The van der Waals surface area contributed by atoms with Crippen LogP contribution in [0, 0.1) is 5.92 Å². The highest BCUT2D eigenvalue weighted by molar-refractivity contribution is 5.93. The summed E-state index contributed by atoms with van der Waals surface area (Å²) < 4.78 is 10.8. The first kappa shape index (κ1) is 14.7. The van der Waals surface area contributed by atoms with E-state index in [9.17, 15) is 4.79 Å². The van der Waals surface area contributed by atoms with Gasteiger partial charge in [0.2, 0.25) is 0 Å². The van der Waals surface area contributed by atoms with E-state index in [1.807, 2.05) is 0 Å². The van der Waals surface area contributed by atoms with Crippen LogP contribution in [0.4, 0.5) is 5.69 Å². The van der Waals surface area contributed by atoms with Crippen LogP contribution in [-0.2, 0) is 4.74 Å². The van der Waals surface area contributed by atoms with Crippen molar-refractivity contribution >= 4 is 11.7 Å². The molecule has 4 nitrogen and oxygen atoms in total. The fourth-order valence-corrected chi connectivity index (χ4v) is 2.81. The van der Waals surface area contributed by atoms with Gasteiger partial charge < -0.3 is 15.2 Å². The number of methoxy groups -OCH3 is 1. The van der Waals surface area contributed by atoms with E-state index in [0.717, 1.165) is 25.7 Å². The van der Waals surface area contributed by atoms with Crippen molar-refractivity contribution in [1.29, 1.82) is 0 Å². The van der Waals surface area contributed by atoms with Gasteiger partial charge in [-0.15, -0.1) is 0 Å². The van der Waals surface area contributed by atoms with E-state index < -0.39 is 0 Å². The molecule has 2 rings (SSSR count). The lowest BCUT2D eigenvalue weighted by Gasteiger charge is -2.28. The molecule has 1 aliphatic rings. The number of ether oxygens (including phenoxy) is 2. The topological polar surface area (TPSA) is 61.5 Å². The highest BCUT2D eigenvalue weighted by Crippen LogP contribution is 2.30. The zero-order chi connectivity index (χ0) is 14.5. The van der Waals surface area contributed by atoms with Gasteiger partial charge in [-0.3, -0.25) is 0 Å². The summed E-state index contributed by atoms with van der Waals surface area (Å²) in [5.41, 5.74) is 6.71. The van der Waals surface area contributed by atoms with Crippen molar-refractivity contribution in [2.24, 2.45) is 5.92 Å². The Morgan fingerprint density at radius 3 is 2.90 bits per heavy atom. The molecule has 1 saturated carbocycles. The lowest BCUT2D eigenvalue weighted by molar-refractivity contribution is 0.0137. The molecule has 2 unspecified atom stereocenters. The van der Waals surface area contributed by atoms with Crippen molar-refractivity contribution in [1.82, 2.24) is 0 Å². The summed E-state index contributed by atoms with van der Waals surface area (Å²) in [5.74, 6) is 0.830. The van der Waals surface area contributed by atoms with Gasteiger partial charge in [-0.05, 0) is 37.3 Å². The second kappa shape index (κ2) is 6.64. The molecule has 1 fully saturated rings. The molecule has 0 amide bonds. The lowest BCUT2D eigenvalue weighted by atomic mass is 9.85. The van der Waals surface area contributed by atoms with E-state index in [2.05, 4.69) is 6.92 Å². The molecule has 110 valence electrons. The minimum absolute atomic E-state index is 0.0310. The van der Waals surface area contributed by atoms with Crippen LogP contribution in [-0.4, -0.2) is 19.2 Å². The SMILES string of the molecule is CCC1CCCC(OC(=O)c2ccc(N)cc2OC)C1. The van der Waals surface area contributed by atoms with Crippen LogP contribution < -0.4 is 10.5 Å². The largest absolute Gasteiger partial charge is 0.496 e. The fraction of sp³-hybridized carbons (Fsp3) is 0.562. The van der Waals surface area contributed by atoms with Crippen LogP contribution >= 0.6 is 0 Å². The molecule has 0 aliphatic heterocycles. The third-order valence-corrected chi connectivity index (χ3v) is 4.03. The smallest absolute Gasteiger partial charge is 0.342 e. The first-order valence-electron chi connectivity index (χ1n) is 7.28. The number of hydrogen-bond acceptors (Lipinski definition) is 4. The lowest BCUT2D eigenvalue weighted by Crippen LogP contribution is -2.25. The highest BCUT2D eigenvalue weighted by atomic mass is 16.5. The maximum Gasteiger partial charge on any atom is 0.342 e. The monoisotopic (exact) mass is 277 g/mol. The predicted octanol–water partition coefficient (Wildman–Crippen LogP) is 3.40. The summed E-state index contributed by atoms with van der Waals surface area (Å²) >= 11 is 0. The van der Waals surface area contributed by atoms with Crippen LogP contribution in [0.15, 0.2) is 18.2 Å². The summed E-state index contributed by atoms with van der Waals surface area (Å²) in [6.07, 6.45) is 5.49. The molecule has 0 heterocycles. The highest BCUT2D eigenvalue weighted by Gasteiger charge is 2.25. The van der Waals surface area contributed by atoms with Gasteiger partial charge in [0.05, 0.1) is 7.11 Å². The molecular weight excluding hydrogens is 254 g/mol. The van der Waals surface area contributed by atoms with E-state index in [1.165, 1.54) is 13.5 Å². The maximum atomic E-state index is 12.3. The first-order valence-corrected chi connectivity index (χ1v) is 7.28. The molecular formula is C16H23NO3. The second-order valence-corrected chi connectivity index (χ2v) is 5.43. The van der Waals surface area contributed by atoms with Crippen molar-refractivity contribution in [2.45, 2.75) is 45.1 Å². The van der Waals surface area contributed by atoms with Gasteiger partial charge in [0.25, 0.3) is 0 Å². The van der Waals surface area contributed by atoms with E-state index in [4.69, 9.17) is 15.2 Å². The molecule has 0 spiro atoms. The van der Waals surface area contributed by atoms with Gasteiger partial charge in [-0.1, -0.05) is 19.8 Å². The molecule has 20 heavy (non-hydrogen) atoms. The summed E-state index contributed by atoms with van der Waals surface area (Å²) in [4.78, 5) is 12.3. The van der Waals surface area contributed by atoms with Crippen LogP contribution in [0.2, 0.25) is 0 Å². The number of hydrogen-bond donors (Lipinski definition) is 1. The average molecular weight is 277 g/mol. The molecule has 1 aliphatic carbocycles. The summed E-state index contributed by atoms with van der Waals surface area (Å²) in [5, 5.41) is 0. The number of nitrogen functional groups attached to an aromatic ring is 1. The zero-order valence-electron chi connectivity index (χ0n) is 12.2. The van der Waals surface area contributed by atoms with E-state index >= 15 is 0 Å². The number of carbonyl (C=O) groups is 1. The third kappa shape index (κ3) is 3.44. The number of carbonyl (C=O) groups excluding carboxylic acids is 1. The van der Waals surface area contributed by atoms with Crippen LogP contribution in [0.25, 0.3) is 0 Å². The Bertz CT molecular complexity index is 473. The Morgan fingerprint density at radius 1 is 1.40 bits per heavy atom. The average Bonchev–Trinajstić information content (AvgIpc) is 2.47. The van der Waals surface area contributed by atoms with Crippen molar-refractivity contribution in [3.05, 3.63) is 23.8 Å². The number of esters is 1. The minimum atomic E-state index is -0.316. The van der Waals surface area contributed by atoms with Gasteiger partial charge in [0.1, 0.15) is 17.4 Å². The van der Waals surface area contributed by atoms with Gasteiger partial charge in [0.15, 0.2) is 0 Å². The summed E-state index contributed by atoms with van der Waals surface area (Å²) in [6.45, 7) is 2.19. The molecule has 1 aromatic carbocycles. The fourth-order valence-electron chi connectivity index (χ4n) is 2.81. The Morgan fingerprint density at radius 2 is 2.20 bits per heavy atom. The second-order valence-electron chi connectivity index (χ2n) is 5.43. The predicted molar refractivity (Wildman–Crippen MR) is 78.9 cm³/mol.